The molecule has 1 aromatic carbocycles. The molecule has 0 spiro atoms. The molecule has 3 heterocycles. The fraction of sp³-hybridized carbons (Fsp3) is 0.438. The summed E-state index contributed by atoms with van der Waals surface area (Å²) in [7, 11) is 0. The van der Waals surface area contributed by atoms with Gasteiger partial charge < -0.3 is 10.1 Å². The molecule has 0 aliphatic carbocycles. The minimum Gasteiger partial charge on any atom is -0.376 e. The zero-order chi connectivity index (χ0) is 17.2. The van der Waals surface area contributed by atoms with Gasteiger partial charge in [-0.1, -0.05) is 11.8 Å². The Hall–Kier alpha value is -2.26. The number of hydrogen-bond donors (Lipinski definition) is 1. The SMILES string of the molecule is O=C1Cc2cc(C(=O)CSc3nnnn3C[C@@H]3CCCO3)ccc2N1. The second-order valence-corrected chi connectivity index (χ2v) is 7.03. The van der Waals surface area contributed by atoms with Gasteiger partial charge in [0, 0.05) is 17.9 Å². The molecule has 2 aliphatic rings. The molecule has 0 bridgehead atoms. The Bertz CT molecular complexity index is 816. The van der Waals surface area contributed by atoms with Gasteiger partial charge in [0.2, 0.25) is 11.1 Å². The molecule has 25 heavy (non-hydrogen) atoms. The predicted octanol–water partition coefficient (Wildman–Crippen LogP) is 1.32. The Balaban J connectivity index is 1.39. The molecule has 0 saturated carbocycles. The molecule has 1 aromatic heterocycles. The number of ketones is 1. The largest absolute Gasteiger partial charge is 0.376 e. The zero-order valence-electron chi connectivity index (χ0n) is 13.5. The molecule has 2 aliphatic heterocycles. The van der Waals surface area contributed by atoms with E-state index in [-0.39, 0.29) is 23.5 Å². The number of anilines is 1. The highest BCUT2D eigenvalue weighted by atomic mass is 32.2. The van der Waals surface area contributed by atoms with Crippen LogP contribution in [-0.4, -0.2) is 50.4 Å². The van der Waals surface area contributed by atoms with Gasteiger partial charge in [-0.05, 0) is 47.0 Å². The van der Waals surface area contributed by atoms with Gasteiger partial charge in [-0.25, -0.2) is 4.68 Å². The molecule has 2 aromatic rings. The van der Waals surface area contributed by atoms with Crippen molar-refractivity contribution in [3.05, 3.63) is 29.3 Å². The summed E-state index contributed by atoms with van der Waals surface area (Å²) in [6.07, 6.45) is 2.53. The van der Waals surface area contributed by atoms with E-state index in [1.54, 1.807) is 22.9 Å². The summed E-state index contributed by atoms with van der Waals surface area (Å²) in [5.41, 5.74) is 2.25. The van der Waals surface area contributed by atoms with Gasteiger partial charge in [0.25, 0.3) is 0 Å². The first-order valence-electron chi connectivity index (χ1n) is 8.15. The maximum atomic E-state index is 12.4. The maximum absolute atomic E-state index is 12.4. The van der Waals surface area contributed by atoms with E-state index in [1.807, 2.05) is 0 Å². The van der Waals surface area contributed by atoms with E-state index >= 15 is 0 Å². The van der Waals surface area contributed by atoms with Crippen molar-refractivity contribution >= 4 is 29.1 Å². The van der Waals surface area contributed by atoms with Crippen LogP contribution in [0.4, 0.5) is 5.69 Å². The summed E-state index contributed by atoms with van der Waals surface area (Å²) in [5, 5.41) is 15.1. The lowest BCUT2D eigenvalue weighted by atomic mass is 10.1. The molecule has 8 nitrogen and oxygen atoms in total. The fourth-order valence-corrected chi connectivity index (χ4v) is 3.79. The normalized spacial score (nSPS) is 19.0. The minimum absolute atomic E-state index is 0.0150. The van der Waals surface area contributed by atoms with Crippen molar-refractivity contribution < 1.29 is 14.3 Å². The third-order valence-corrected chi connectivity index (χ3v) is 5.24. The van der Waals surface area contributed by atoms with Crippen molar-refractivity contribution in [1.82, 2.24) is 20.2 Å². The Morgan fingerprint density at radius 2 is 2.36 bits per heavy atom. The van der Waals surface area contributed by atoms with E-state index in [9.17, 15) is 9.59 Å². The number of aromatic nitrogens is 4. The Kier molecular flexibility index (Phi) is 4.50. The minimum atomic E-state index is -0.0396. The van der Waals surface area contributed by atoms with Crippen LogP contribution in [0, 0.1) is 0 Å². The molecular weight excluding hydrogens is 342 g/mol. The van der Waals surface area contributed by atoms with Gasteiger partial charge in [-0.3, -0.25) is 9.59 Å². The van der Waals surface area contributed by atoms with E-state index in [0.29, 0.717) is 23.7 Å². The number of rotatable bonds is 6. The monoisotopic (exact) mass is 359 g/mol. The van der Waals surface area contributed by atoms with Crippen molar-refractivity contribution in [2.45, 2.75) is 37.1 Å². The topological polar surface area (TPSA) is 99.0 Å². The van der Waals surface area contributed by atoms with Gasteiger partial charge in [0.1, 0.15) is 0 Å². The number of ether oxygens (including phenoxy) is 1. The highest BCUT2D eigenvalue weighted by Gasteiger charge is 2.21. The molecule has 0 unspecified atom stereocenters. The number of tetrazole rings is 1. The molecule has 9 heteroatoms. The summed E-state index contributed by atoms with van der Waals surface area (Å²) >= 11 is 1.31. The van der Waals surface area contributed by atoms with Crippen molar-refractivity contribution in [1.29, 1.82) is 0 Å². The van der Waals surface area contributed by atoms with Crippen LogP contribution in [0.25, 0.3) is 0 Å². The molecule has 0 radical (unpaired) electrons. The summed E-state index contributed by atoms with van der Waals surface area (Å²) in [4.78, 5) is 23.9. The van der Waals surface area contributed by atoms with Crippen molar-refractivity contribution in [3.8, 4) is 0 Å². The first-order chi connectivity index (χ1) is 12.2. The summed E-state index contributed by atoms with van der Waals surface area (Å²) in [6, 6.07) is 5.30. The highest BCUT2D eigenvalue weighted by Crippen LogP contribution is 2.25. The van der Waals surface area contributed by atoms with Crippen LogP contribution in [0.2, 0.25) is 0 Å². The van der Waals surface area contributed by atoms with Crippen molar-refractivity contribution in [3.63, 3.8) is 0 Å². The first kappa shape index (κ1) is 16.2. The first-order valence-corrected chi connectivity index (χ1v) is 9.14. The van der Waals surface area contributed by atoms with E-state index in [4.69, 9.17) is 4.74 Å². The number of amides is 1. The third-order valence-electron chi connectivity index (χ3n) is 4.28. The number of hydrogen-bond acceptors (Lipinski definition) is 7. The summed E-state index contributed by atoms with van der Waals surface area (Å²) < 4.78 is 7.30. The van der Waals surface area contributed by atoms with Gasteiger partial charge in [0.15, 0.2) is 5.78 Å². The van der Waals surface area contributed by atoms with E-state index in [0.717, 1.165) is 30.7 Å². The molecule has 1 fully saturated rings. The summed E-state index contributed by atoms with van der Waals surface area (Å²) in [5.74, 6) is 0.188. The zero-order valence-corrected chi connectivity index (χ0v) is 14.3. The second kappa shape index (κ2) is 6.93. The number of nitrogens with one attached hydrogen (secondary N) is 1. The van der Waals surface area contributed by atoms with E-state index in [2.05, 4.69) is 20.8 Å². The number of benzene rings is 1. The molecular formula is C16H17N5O3S. The molecule has 1 saturated heterocycles. The maximum Gasteiger partial charge on any atom is 0.228 e. The van der Waals surface area contributed by atoms with Crippen LogP contribution in [0.1, 0.15) is 28.8 Å². The number of thioether (sulfide) groups is 1. The number of Topliss-reactive ketones (excluding diaryl/α,β-unsaturated/α-hetero) is 1. The average molecular weight is 359 g/mol. The van der Waals surface area contributed by atoms with Crippen LogP contribution in [0.3, 0.4) is 0 Å². The lowest BCUT2D eigenvalue weighted by Gasteiger charge is -2.09. The average Bonchev–Trinajstić information content (AvgIpc) is 3.33. The Labute approximate surface area is 148 Å². The highest BCUT2D eigenvalue weighted by molar-refractivity contribution is 7.99. The molecule has 1 amide bonds. The van der Waals surface area contributed by atoms with E-state index < -0.39 is 0 Å². The third kappa shape index (κ3) is 3.57. The van der Waals surface area contributed by atoms with Gasteiger partial charge in [-0.15, -0.1) is 5.10 Å². The predicted molar refractivity (Wildman–Crippen MR) is 90.6 cm³/mol. The van der Waals surface area contributed by atoms with Crippen LogP contribution in [-0.2, 0) is 22.5 Å². The lowest BCUT2D eigenvalue weighted by Crippen LogP contribution is -2.17. The Morgan fingerprint density at radius 3 is 3.20 bits per heavy atom. The second-order valence-electron chi connectivity index (χ2n) is 6.09. The van der Waals surface area contributed by atoms with Gasteiger partial charge >= 0.3 is 0 Å². The van der Waals surface area contributed by atoms with Crippen LogP contribution >= 0.6 is 11.8 Å². The standard InChI is InChI=1S/C16H17N5O3S/c22-14(10-3-4-13-11(6-10)7-15(23)17-13)9-25-16-18-19-20-21(16)8-12-2-1-5-24-12/h3-4,6,12H,1-2,5,7-9H2,(H,17,23)/t12-/m0/s1. The number of carbonyl (C=O) groups is 2. The van der Waals surface area contributed by atoms with Crippen molar-refractivity contribution in [2.24, 2.45) is 0 Å². The number of fused-ring (bicyclic) bond motifs is 1. The quantitative estimate of drug-likeness (QED) is 0.613. The molecule has 4 rings (SSSR count). The summed E-state index contributed by atoms with van der Waals surface area (Å²) in [6.45, 7) is 1.39. The molecule has 130 valence electrons. The van der Waals surface area contributed by atoms with Crippen molar-refractivity contribution in [2.75, 3.05) is 17.7 Å². The number of nitrogens with zero attached hydrogens (tertiary/aromatic N) is 4. The lowest BCUT2D eigenvalue weighted by molar-refractivity contribution is -0.115. The van der Waals surface area contributed by atoms with Crippen LogP contribution < -0.4 is 5.32 Å². The number of carbonyl (C=O) groups excluding carboxylic acids is 2. The van der Waals surface area contributed by atoms with Gasteiger partial charge in [0.05, 0.1) is 24.8 Å². The molecule has 1 atom stereocenters. The Morgan fingerprint density at radius 1 is 1.44 bits per heavy atom. The van der Waals surface area contributed by atoms with Crippen LogP contribution in [0.5, 0.6) is 0 Å². The van der Waals surface area contributed by atoms with Crippen LogP contribution in [0.15, 0.2) is 23.4 Å². The fourth-order valence-electron chi connectivity index (χ4n) is 3.01. The molecule has 1 N–H and O–H groups in total. The van der Waals surface area contributed by atoms with Gasteiger partial charge in [-0.2, -0.15) is 0 Å². The van der Waals surface area contributed by atoms with E-state index in [1.165, 1.54) is 11.8 Å². The smallest absolute Gasteiger partial charge is 0.228 e.